The van der Waals surface area contributed by atoms with Gasteiger partial charge in [0.2, 0.25) is 0 Å². The van der Waals surface area contributed by atoms with E-state index in [1.807, 2.05) is 6.92 Å². The van der Waals surface area contributed by atoms with Crippen LogP contribution in [0.2, 0.25) is 0 Å². The molecule has 0 saturated carbocycles. The smallest absolute Gasteiger partial charge is 0.0704 e. The van der Waals surface area contributed by atoms with E-state index in [9.17, 15) is 0 Å². The highest BCUT2D eigenvalue weighted by molar-refractivity contribution is 4.87. The summed E-state index contributed by atoms with van der Waals surface area (Å²) in [5.74, 6) is 0. The van der Waals surface area contributed by atoms with Gasteiger partial charge in [-0.2, -0.15) is 0 Å². The van der Waals surface area contributed by atoms with Crippen molar-refractivity contribution < 1.29 is 14.2 Å². The molecule has 0 aromatic rings. The molecular formula is C12H24O3. The summed E-state index contributed by atoms with van der Waals surface area (Å²) in [5.41, 5.74) is 1.04. The van der Waals surface area contributed by atoms with Crippen molar-refractivity contribution in [2.45, 2.75) is 26.7 Å². The summed E-state index contributed by atoms with van der Waals surface area (Å²) in [6.45, 7) is 11.9. The van der Waals surface area contributed by atoms with Crippen molar-refractivity contribution in [2.75, 3.05) is 39.6 Å². The van der Waals surface area contributed by atoms with Gasteiger partial charge in [-0.05, 0) is 13.3 Å². The Balaban J connectivity index is 2.89. The van der Waals surface area contributed by atoms with E-state index in [0.29, 0.717) is 33.0 Å². The summed E-state index contributed by atoms with van der Waals surface area (Å²) in [7, 11) is 0. The highest BCUT2D eigenvalue weighted by Gasteiger charge is 1.91. The minimum atomic E-state index is 0.621. The van der Waals surface area contributed by atoms with Crippen LogP contribution in [0.15, 0.2) is 12.2 Å². The molecule has 3 nitrogen and oxygen atoms in total. The zero-order chi connectivity index (χ0) is 11.4. The molecule has 0 spiro atoms. The lowest BCUT2D eigenvalue weighted by Crippen LogP contribution is -2.10. The second kappa shape index (κ2) is 11.7. The van der Waals surface area contributed by atoms with E-state index < -0.39 is 0 Å². The van der Waals surface area contributed by atoms with Gasteiger partial charge < -0.3 is 14.2 Å². The van der Waals surface area contributed by atoms with Crippen molar-refractivity contribution in [3.63, 3.8) is 0 Å². The number of rotatable bonds is 11. The number of hydrogen-bond donors (Lipinski definition) is 0. The van der Waals surface area contributed by atoms with Gasteiger partial charge in [0.15, 0.2) is 0 Å². The lowest BCUT2D eigenvalue weighted by molar-refractivity contribution is 0.0180. The summed E-state index contributed by atoms with van der Waals surface area (Å²) in [6.07, 6.45) is 2.30. The van der Waals surface area contributed by atoms with E-state index in [1.165, 1.54) is 6.42 Å². The molecule has 0 heterocycles. The molecule has 90 valence electrons. The summed E-state index contributed by atoms with van der Waals surface area (Å²) >= 11 is 0. The molecule has 3 heteroatoms. The average molecular weight is 216 g/mol. The van der Waals surface area contributed by atoms with Gasteiger partial charge >= 0.3 is 0 Å². The Hall–Kier alpha value is -0.380. The molecule has 0 atom stereocenters. The van der Waals surface area contributed by atoms with Crippen molar-refractivity contribution in [3.05, 3.63) is 12.2 Å². The van der Waals surface area contributed by atoms with E-state index in [0.717, 1.165) is 18.6 Å². The fourth-order valence-corrected chi connectivity index (χ4v) is 0.933. The van der Waals surface area contributed by atoms with E-state index in [1.54, 1.807) is 0 Å². The van der Waals surface area contributed by atoms with Crippen LogP contribution in [-0.2, 0) is 14.2 Å². The van der Waals surface area contributed by atoms with Crippen LogP contribution in [0.25, 0.3) is 0 Å². The zero-order valence-corrected chi connectivity index (χ0v) is 10.1. The molecule has 0 amide bonds. The van der Waals surface area contributed by atoms with Crippen LogP contribution in [0.4, 0.5) is 0 Å². The number of hydrogen-bond acceptors (Lipinski definition) is 3. The van der Waals surface area contributed by atoms with Gasteiger partial charge in [0, 0.05) is 6.61 Å². The van der Waals surface area contributed by atoms with E-state index in [-0.39, 0.29) is 0 Å². The average Bonchev–Trinajstić information content (AvgIpc) is 2.20. The summed E-state index contributed by atoms with van der Waals surface area (Å²) in [6, 6.07) is 0. The van der Waals surface area contributed by atoms with Crippen molar-refractivity contribution >= 4 is 0 Å². The van der Waals surface area contributed by atoms with Crippen LogP contribution in [-0.4, -0.2) is 39.6 Å². The molecule has 0 aliphatic rings. The molecule has 0 fully saturated rings. The molecule has 0 bridgehead atoms. The molecule has 0 saturated heterocycles. The maximum atomic E-state index is 5.34. The molecule has 15 heavy (non-hydrogen) atoms. The summed E-state index contributed by atoms with van der Waals surface area (Å²) in [5, 5.41) is 0. The normalized spacial score (nSPS) is 10.5. The quantitative estimate of drug-likeness (QED) is 0.392. The lowest BCUT2D eigenvalue weighted by Gasteiger charge is -2.06. The molecule has 0 aromatic heterocycles. The third-order valence-electron chi connectivity index (χ3n) is 1.73. The first kappa shape index (κ1) is 14.6. The Bertz CT molecular complexity index is 146. The van der Waals surface area contributed by atoms with E-state index in [4.69, 9.17) is 14.2 Å². The maximum Gasteiger partial charge on any atom is 0.0704 e. The molecule has 0 unspecified atom stereocenters. The van der Waals surface area contributed by atoms with Gasteiger partial charge in [-0.1, -0.05) is 25.5 Å². The minimum absolute atomic E-state index is 0.621. The predicted octanol–water partition coefficient (Wildman–Crippen LogP) is 2.41. The SMILES string of the molecule is C=C(C)COCCOCCOCCCC. The van der Waals surface area contributed by atoms with Crippen molar-refractivity contribution in [1.82, 2.24) is 0 Å². The molecule has 0 aromatic carbocycles. The van der Waals surface area contributed by atoms with Crippen LogP contribution in [0.3, 0.4) is 0 Å². The molecule has 0 aliphatic carbocycles. The monoisotopic (exact) mass is 216 g/mol. The number of unbranched alkanes of at least 4 members (excludes halogenated alkanes) is 1. The third-order valence-corrected chi connectivity index (χ3v) is 1.73. The highest BCUT2D eigenvalue weighted by atomic mass is 16.5. The van der Waals surface area contributed by atoms with Crippen molar-refractivity contribution in [3.8, 4) is 0 Å². The fourth-order valence-electron chi connectivity index (χ4n) is 0.933. The Kier molecular flexibility index (Phi) is 11.4. The number of ether oxygens (including phenoxy) is 3. The van der Waals surface area contributed by atoms with Crippen LogP contribution < -0.4 is 0 Å². The lowest BCUT2D eigenvalue weighted by atomic mass is 10.4. The Morgan fingerprint density at radius 3 is 2.00 bits per heavy atom. The summed E-state index contributed by atoms with van der Waals surface area (Å²) in [4.78, 5) is 0. The van der Waals surface area contributed by atoms with E-state index >= 15 is 0 Å². The molecular weight excluding hydrogens is 192 g/mol. The standard InChI is InChI=1S/C12H24O3/c1-4-5-6-13-7-8-14-9-10-15-11-12(2)3/h2,4-11H2,1,3H3. The summed E-state index contributed by atoms with van der Waals surface area (Å²) < 4.78 is 15.9. The molecule has 0 radical (unpaired) electrons. The van der Waals surface area contributed by atoms with Crippen LogP contribution in [0.5, 0.6) is 0 Å². The Labute approximate surface area is 93.4 Å². The zero-order valence-electron chi connectivity index (χ0n) is 10.1. The van der Waals surface area contributed by atoms with E-state index in [2.05, 4.69) is 13.5 Å². The maximum absolute atomic E-state index is 5.34. The van der Waals surface area contributed by atoms with Gasteiger partial charge in [-0.25, -0.2) is 0 Å². The van der Waals surface area contributed by atoms with Crippen LogP contribution >= 0.6 is 0 Å². The van der Waals surface area contributed by atoms with Crippen LogP contribution in [0.1, 0.15) is 26.7 Å². The highest BCUT2D eigenvalue weighted by Crippen LogP contribution is 1.89. The molecule has 0 N–H and O–H groups in total. The van der Waals surface area contributed by atoms with Crippen molar-refractivity contribution in [2.24, 2.45) is 0 Å². The van der Waals surface area contributed by atoms with Crippen molar-refractivity contribution in [1.29, 1.82) is 0 Å². The first-order chi connectivity index (χ1) is 7.27. The first-order valence-corrected chi connectivity index (χ1v) is 5.65. The topological polar surface area (TPSA) is 27.7 Å². The largest absolute Gasteiger partial charge is 0.379 e. The second-order valence-electron chi connectivity index (χ2n) is 3.59. The van der Waals surface area contributed by atoms with Gasteiger partial charge in [0.05, 0.1) is 33.0 Å². The fraction of sp³-hybridized carbons (Fsp3) is 0.833. The Morgan fingerprint density at radius 1 is 0.933 bits per heavy atom. The second-order valence-corrected chi connectivity index (χ2v) is 3.59. The third kappa shape index (κ3) is 13.6. The molecule has 0 aliphatic heterocycles. The van der Waals surface area contributed by atoms with Gasteiger partial charge in [-0.15, -0.1) is 0 Å². The first-order valence-electron chi connectivity index (χ1n) is 5.65. The molecule has 0 rings (SSSR count). The minimum Gasteiger partial charge on any atom is -0.379 e. The van der Waals surface area contributed by atoms with Gasteiger partial charge in [0.1, 0.15) is 0 Å². The van der Waals surface area contributed by atoms with Gasteiger partial charge in [0.25, 0.3) is 0 Å². The Morgan fingerprint density at radius 2 is 1.47 bits per heavy atom. The van der Waals surface area contributed by atoms with Gasteiger partial charge in [-0.3, -0.25) is 0 Å². The predicted molar refractivity (Wildman–Crippen MR) is 62.2 cm³/mol. The van der Waals surface area contributed by atoms with Crippen LogP contribution in [0, 0.1) is 0 Å².